The van der Waals surface area contributed by atoms with E-state index in [2.05, 4.69) is 31.9 Å². The van der Waals surface area contributed by atoms with E-state index >= 15 is 0 Å². The van der Waals surface area contributed by atoms with E-state index in [0.717, 1.165) is 18.7 Å². The first-order chi connectivity index (χ1) is 16.3. The Morgan fingerprint density at radius 3 is 2.53 bits per heavy atom. The number of pyridine rings is 1. The number of likely N-dealkylation sites (N-methyl/N-ethyl adjacent to an activating group) is 1. The molecule has 1 saturated heterocycles. The molecule has 4 heterocycles. The van der Waals surface area contributed by atoms with E-state index in [0.29, 0.717) is 55.8 Å². The van der Waals surface area contributed by atoms with Crippen LogP contribution in [0.1, 0.15) is 32.9 Å². The van der Waals surface area contributed by atoms with Gasteiger partial charge in [0.15, 0.2) is 5.52 Å². The third-order valence-electron chi connectivity index (χ3n) is 6.03. The average Bonchev–Trinajstić information content (AvgIpc) is 3.15. The van der Waals surface area contributed by atoms with Gasteiger partial charge in [0.05, 0.1) is 24.1 Å². The van der Waals surface area contributed by atoms with Gasteiger partial charge in [-0.2, -0.15) is 9.40 Å². The highest BCUT2D eigenvalue weighted by Crippen LogP contribution is 2.30. The maximum atomic E-state index is 13.4. The standard InChI is InChI=1S/C22H31N7O4S/c1-5-8-17-18-19(27(4)26-17)21(30)25-20(24-18)16-13-15(14-23-22(16)33-7-3)34(31,32)29-11-9-28(6-2)10-12-29/h13-14H,5-12H2,1-4H3,(H,24,25,30). The number of fused-ring (bicyclic) bond motifs is 1. The van der Waals surface area contributed by atoms with E-state index in [9.17, 15) is 13.2 Å². The molecule has 0 amide bonds. The smallest absolute Gasteiger partial charge is 0.277 e. The van der Waals surface area contributed by atoms with E-state index in [1.165, 1.54) is 21.3 Å². The van der Waals surface area contributed by atoms with Crippen LogP contribution in [0.3, 0.4) is 0 Å². The van der Waals surface area contributed by atoms with Gasteiger partial charge in [-0.05, 0) is 26.0 Å². The Morgan fingerprint density at radius 2 is 1.88 bits per heavy atom. The molecule has 1 aliphatic rings. The molecule has 1 aliphatic heterocycles. The zero-order chi connectivity index (χ0) is 24.5. The van der Waals surface area contributed by atoms with Crippen molar-refractivity contribution in [3.63, 3.8) is 0 Å². The van der Waals surface area contributed by atoms with Crippen LogP contribution >= 0.6 is 0 Å². The van der Waals surface area contributed by atoms with Gasteiger partial charge < -0.3 is 14.6 Å². The van der Waals surface area contributed by atoms with Gasteiger partial charge in [0.25, 0.3) is 5.56 Å². The Morgan fingerprint density at radius 1 is 1.15 bits per heavy atom. The van der Waals surface area contributed by atoms with Crippen molar-refractivity contribution >= 4 is 21.1 Å². The van der Waals surface area contributed by atoms with Gasteiger partial charge in [0.1, 0.15) is 16.2 Å². The van der Waals surface area contributed by atoms with E-state index < -0.39 is 10.0 Å². The fourth-order valence-electron chi connectivity index (χ4n) is 4.21. The van der Waals surface area contributed by atoms with Crippen molar-refractivity contribution in [1.29, 1.82) is 0 Å². The fourth-order valence-corrected chi connectivity index (χ4v) is 5.61. The second kappa shape index (κ2) is 9.80. The zero-order valence-electron chi connectivity index (χ0n) is 20.0. The molecule has 12 heteroatoms. The molecule has 3 aromatic heterocycles. The van der Waals surface area contributed by atoms with Gasteiger partial charge in [-0.3, -0.25) is 9.48 Å². The van der Waals surface area contributed by atoms with Gasteiger partial charge >= 0.3 is 0 Å². The topological polar surface area (TPSA) is 126 Å². The molecule has 0 bridgehead atoms. The van der Waals surface area contributed by atoms with Gasteiger partial charge in [-0.1, -0.05) is 20.3 Å². The van der Waals surface area contributed by atoms with Crippen LogP contribution in [0.5, 0.6) is 5.88 Å². The second-order valence-electron chi connectivity index (χ2n) is 8.23. The number of H-pyrrole nitrogens is 1. The minimum Gasteiger partial charge on any atom is -0.477 e. The van der Waals surface area contributed by atoms with E-state index in [1.54, 1.807) is 7.05 Å². The van der Waals surface area contributed by atoms with Gasteiger partial charge in [0.2, 0.25) is 15.9 Å². The van der Waals surface area contributed by atoms with Crippen LogP contribution in [0.2, 0.25) is 0 Å². The van der Waals surface area contributed by atoms with Crippen LogP contribution in [-0.4, -0.2) is 81.7 Å². The fraction of sp³-hybridized carbons (Fsp3) is 0.545. The highest BCUT2D eigenvalue weighted by Gasteiger charge is 2.30. The number of hydrogen-bond acceptors (Lipinski definition) is 8. The van der Waals surface area contributed by atoms with Crippen molar-refractivity contribution < 1.29 is 13.2 Å². The molecule has 0 atom stereocenters. The predicted octanol–water partition coefficient (Wildman–Crippen LogP) is 1.40. The first-order valence-corrected chi connectivity index (χ1v) is 13.1. The number of sulfonamides is 1. The van der Waals surface area contributed by atoms with Crippen LogP contribution in [0.25, 0.3) is 22.4 Å². The van der Waals surface area contributed by atoms with Crippen molar-refractivity contribution in [3.05, 3.63) is 28.3 Å². The number of ether oxygens (including phenoxy) is 1. The molecule has 4 rings (SSSR count). The van der Waals surface area contributed by atoms with Crippen molar-refractivity contribution in [2.24, 2.45) is 7.05 Å². The summed E-state index contributed by atoms with van der Waals surface area (Å²) in [6.45, 7) is 9.30. The number of nitrogens with one attached hydrogen (secondary N) is 1. The summed E-state index contributed by atoms with van der Waals surface area (Å²) in [4.78, 5) is 26.9. The van der Waals surface area contributed by atoms with Crippen LogP contribution in [0.4, 0.5) is 0 Å². The van der Waals surface area contributed by atoms with Crippen LogP contribution in [-0.2, 0) is 23.5 Å². The molecule has 0 radical (unpaired) electrons. The number of hydrogen-bond donors (Lipinski definition) is 1. The maximum absolute atomic E-state index is 13.4. The Balaban J connectivity index is 1.82. The molecular formula is C22H31N7O4S. The molecule has 0 unspecified atom stereocenters. The summed E-state index contributed by atoms with van der Waals surface area (Å²) in [5, 5.41) is 4.45. The maximum Gasteiger partial charge on any atom is 0.277 e. The summed E-state index contributed by atoms with van der Waals surface area (Å²) in [5.74, 6) is 0.410. The summed E-state index contributed by atoms with van der Waals surface area (Å²) < 4.78 is 35.4. The number of aromatic amines is 1. The highest BCUT2D eigenvalue weighted by molar-refractivity contribution is 7.89. The van der Waals surface area contributed by atoms with Crippen molar-refractivity contribution in [3.8, 4) is 17.3 Å². The Hall–Kier alpha value is -2.83. The molecule has 11 nitrogen and oxygen atoms in total. The first kappa shape index (κ1) is 24.3. The number of aromatic nitrogens is 5. The molecule has 3 aromatic rings. The lowest BCUT2D eigenvalue weighted by molar-refractivity contribution is 0.196. The second-order valence-corrected chi connectivity index (χ2v) is 10.2. The summed E-state index contributed by atoms with van der Waals surface area (Å²) in [6.07, 6.45) is 2.82. The Kier molecular flexibility index (Phi) is 7.01. The number of piperazine rings is 1. The molecule has 184 valence electrons. The first-order valence-electron chi connectivity index (χ1n) is 11.6. The van der Waals surface area contributed by atoms with E-state index in [1.807, 2.05) is 13.8 Å². The monoisotopic (exact) mass is 489 g/mol. The van der Waals surface area contributed by atoms with Crippen molar-refractivity contribution in [1.82, 2.24) is 33.9 Å². The lowest BCUT2D eigenvalue weighted by Crippen LogP contribution is -2.48. The van der Waals surface area contributed by atoms with E-state index in [4.69, 9.17) is 4.74 Å². The lowest BCUT2D eigenvalue weighted by Gasteiger charge is -2.33. The third kappa shape index (κ3) is 4.44. The molecule has 0 spiro atoms. The van der Waals surface area contributed by atoms with Crippen LogP contribution in [0, 0.1) is 0 Å². The Bertz CT molecular complexity index is 1340. The molecule has 1 N–H and O–H groups in total. The number of aryl methyl sites for hydroxylation is 2. The Labute approximate surface area is 198 Å². The minimum absolute atomic E-state index is 0.0404. The lowest BCUT2D eigenvalue weighted by atomic mass is 10.2. The van der Waals surface area contributed by atoms with Gasteiger partial charge in [0, 0.05) is 33.2 Å². The normalized spacial score (nSPS) is 15.8. The quantitative estimate of drug-likeness (QED) is 0.503. The third-order valence-corrected chi connectivity index (χ3v) is 7.89. The summed E-state index contributed by atoms with van der Waals surface area (Å²) in [5.41, 5.74) is 1.55. The SMILES string of the molecule is CCCc1nn(C)c2c(=O)[nH]c(-c3cc(S(=O)(=O)N4CCN(CC)CC4)cnc3OCC)nc12. The molecule has 0 aliphatic carbocycles. The average molecular weight is 490 g/mol. The zero-order valence-corrected chi connectivity index (χ0v) is 20.9. The number of nitrogens with zero attached hydrogens (tertiary/aromatic N) is 6. The summed E-state index contributed by atoms with van der Waals surface area (Å²) in [7, 11) is -2.06. The molecule has 34 heavy (non-hydrogen) atoms. The van der Waals surface area contributed by atoms with Gasteiger partial charge in [-0.25, -0.2) is 18.4 Å². The highest BCUT2D eigenvalue weighted by atomic mass is 32.2. The largest absolute Gasteiger partial charge is 0.477 e. The molecule has 1 fully saturated rings. The summed E-state index contributed by atoms with van der Waals surface area (Å²) in [6, 6.07) is 1.49. The summed E-state index contributed by atoms with van der Waals surface area (Å²) >= 11 is 0. The van der Waals surface area contributed by atoms with Crippen molar-refractivity contribution in [2.75, 3.05) is 39.3 Å². The van der Waals surface area contributed by atoms with Crippen LogP contribution < -0.4 is 10.3 Å². The minimum atomic E-state index is -3.77. The van der Waals surface area contributed by atoms with Crippen molar-refractivity contribution in [2.45, 2.75) is 38.5 Å². The molecular weight excluding hydrogens is 458 g/mol. The predicted molar refractivity (Wildman–Crippen MR) is 128 cm³/mol. The molecule has 0 aromatic carbocycles. The molecule has 0 saturated carbocycles. The van der Waals surface area contributed by atoms with E-state index in [-0.39, 0.29) is 22.2 Å². The van der Waals surface area contributed by atoms with Crippen LogP contribution in [0.15, 0.2) is 22.0 Å². The number of rotatable bonds is 8. The van der Waals surface area contributed by atoms with Gasteiger partial charge in [-0.15, -0.1) is 0 Å².